The lowest BCUT2D eigenvalue weighted by Crippen LogP contribution is -2.48. The Bertz CT molecular complexity index is 895. The van der Waals surface area contributed by atoms with Crippen molar-refractivity contribution in [2.45, 2.75) is 31.7 Å². The molecular weight excluding hydrogens is 312 g/mol. The fraction of sp³-hybridized carbons (Fsp3) is 0.476. The third kappa shape index (κ3) is 2.13. The second kappa shape index (κ2) is 5.46. The molecule has 0 radical (unpaired) electrons. The van der Waals surface area contributed by atoms with Crippen molar-refractivity contribution in [2.75, 3.05) is 13.1 Å². The molecule has 1 fully saturated rings. The summed E-state index contributed by atoms with van der Waals surface area (Å²) in [4.78, 5) is 14.4. The number of piperidine rings is 1. The lowest BCUT2D eigenvalue weighted by atomic mass is 9.70. The number of hydrogen-bond acceptors (Lipinski definition) is 2. The predicted molar refractivity (Wildman–Crippen MR) is 97.5 cm³/mol. The molecule has 0 spiro atoms. The van der Waals surface area contributed by atoms with Crippen LogP contribution in [0.2, 0.25) is 0 Å². The summed E-state index contributed by atoms with van der Waals surface area (Å²) in [6, 6.07) is 9.02. The van der Waals surface area contributed by atoms with Gasteiger partial charge >= 0.3 is 5.97 Å². The number of aromatic nitrogens is 1. The van der Waals surface area contributed by atoms with E-state index in [4.69, 9.17) is 0 Å². The maximum Gasteiger partial charge on any atom is 0.331 e. The zero-order valence-corrected chi connectivity index (χ0v) is 14.6. The molecule has 5 rings (SSSR count). The van der Waals surface area contributed by atoms with E-state index >= 15 is 0 Å². The highest BCUT2D eigenvalue weighted by molar-refractivity contribution is 5.88. The summed E-state index contributed by atoms with van der Waals surface area (Å²) in [6.45, 7) is 2.14. The summed E-state index contributed by atoms with van der Waals surface area (Å²) in [6.07, 6.45) is 6.07. The molecule has 1 aromatic carbocycles. The van der Waals surface area contributed by atoms with Crippen LogP contribution in [0, 0.1) is 11.8 Å². The largest absolute Gasteiger partial charge is 0.478 e. The number of aryl methyl sites for hydroxylation is 1. The lowest BCUT2D eigenvalue weighted by Gasteiger charge is -2.48. The highest BCUT2D eigenvalue weighted by atomic mass is 16.4. The summed E-state index contributed by atoms with van der Waals surface area (Å²) in [7, 11) is 2.17. The van der Waals surface area contributed by atoms with Crippen LogP contribution < -0.4 is 0 Å². The van der Waals surface area contributed by atoms with Crippen molar-refractivity contribution in [3.8, 4) is 0 Å². The third-order valence-corrected chi connectivity index (χ3v) is 6.73. The Labute approximate surface area is 147 Å². The number of carbonyl (C=O) groups is 1. The van der Waals surface area contributed by atoms with E-state index in [1.807, 2.05) is 6.08 Å². The number of para-hydroxylation sites is 1. The molecule has 4 nitrogen and oxygen atoms in total. The zero-order valence-electron chi connectivity index (χ0n) is 14.6. The van der Waals surface area contributed by atoms with Crippen LogP contribution in [-0.2, 0) is 18.3 Å². The molecule has 1 N–H and O–H groups in total. The number of nitrogens with zero attached hydrogens (tertiary/aromatic N) is 2. The maximum absolute atomic E-state index is 11.7. The number of hydrogen-bond donors (Lipinski definition) is 1. The number of fused-ring (bicyclic) bond motifs is 6. The van der Waals surface area contributed by atoms with Gasteiger partial charge in [0.15, 0.2) is 0 Å². The molecule has 3 atom stereocenters. The van der Waals surface area contributed by atoms with E-state index in [0.717, 1.165) is 38.8 Å². The second-order valence-electron chi connectivity index (χ2n) is 7.84. The fourth-order valence-electron chi connectivity index (χ4n) is 5.63. The van der Waals surface area contributed by atoms with E-state index in [9.17, 15) is 9.90 Å². The number of rotatable bonds is 1. The predicted octanol–water partition coefficient (Wildman–Crippen LogP) is 3.52. The molecular formula is C21H24N2O2. The minimum absolute atomic E-state index is 0.205. The molecule has 3 unspecified atom stereocenters. The van der Waals surface area contributed by atoms with E-state index in [0.29, 0.717) is 17.5 Å². The molecule has 1 aromatic heterocycles. The zero-order chi connectivity index (χ0) is 17.1. The Kier molecular flexibility index (Phi) is 3.32. The van der Waals surface area contributed by atoms with Crippen molar-refractivity contribution < 1.29 is 9.90 Å². The molecule has 1 saturated heterocycles. The van der Waals surface area contributed by atoms with E-state index in [1.165, 1.54) is 22.2 Å². The maximum atomic E-state index is 11.7. The van der Waals surface area contributed by atoms with E-state index < -0.39 is 5.97 Å². The van der Waals surface area contributed by atoms with Gasteiger partial charge in [-0.25, -0.2) is 4.79 Å². The SMILES string of the molecule is Cn1c2c(c3ccccc31)CCN1CC3CCC=C(C(=O)O)C3CC21. The van der Waals surface area contributed by atoms with Crippen molar-refractivity contribution >= 4 is 16.9 Å². The van der Waals surface area contributed by atoms with Crippen molar-refractivity contribution in [1.29, 1.82) is 0 Å². The first-order chi connectivity index (χ1) is 12.1. The third-order valence-electron chi connectivity index (χ3n) is 6.73. The Morgan fingerprint density at radius 1 is 1.28 bits per heavy atom. The summed E-state index contributed by atoms with van der Waals surface area (Å²) in [5.74, 6) is -0.00345. The lowest BCUT2D eigenvalue weighted by molar-refractivity contribution is -0.134. The van der Waals surface area contributed by atoms with Gasteiger partial charge in [-0.2, -0.15) is 0 Å². The van der Waals surface area contributed by atoms with Gasteiger partial charge in [0.25, 0.3) is 0 Å². The second-order valence-corrected chi connectivity index (χ2v) is 7.84. The van der Waals surface area contributed by atoms with Gasteiger partial charge in [-0.3, -0.25) is 4.90 Å². The quantitative estimate of drug-likeness (QED) is 0.867. The Morgan fingerprint density at radius 2 is 2.12 bits per heavy atom. The fourth-order valence-corrected chi connectivity index (χ4v) is 5.63. The highest BCUT2D eigenvalue weighted by Gasteiger charge is 2.43. The number of aliphatic carboxylic acids is 1. The van der Waals surface area contributed by atoms with Crippen molar-refractivity contribution in [1.82, 2.24) is 9.47 Å². The molecule has 2 aliphatic heterocycles. The molecule has 1 aliphatic carbocycles. The number of carboxylic acids is 1. The highest BCUT2D eigenvalue weighted by Crippen LogP contribution is 2.48. The summed E-state index contributed by atoms with van der Waals surface area (Å²) in [5.41, 5.74) is 4.87. The molecule has 130 valence electrons. The van der Waals surface area contributed by atoms with Gasteiger partial charge in [0.1, 0.15) is 0 Å². The molecule has 25 heavy (non-hydrogen) atoms. The smallest absolute Gasteiger partial charge is 0.331 e. The molecule has 4 heteroatoms. The first-order valence-corrected chi connectivity index (χ1v) is 9.38. The standard InChI is InChI=1S/C21H24N2O2/c1-22-18-8-3-2-6-14(18)15-9-10-23-12-13-5-4-7-16(21(24)25)17(13)11-19(23)20(15)22/h2-3,6-8,13,17,19H,4-5,9-12H2,1H3,(H,24,25). The Morgan fingerprint density at radius 3 is 2.96 bits per heavy atom. The summed E-state index contributed by atoms with van der Waals surface area (Å²) in [5, 5.41) is 11.0. The normalized spacial score (nSPS) is 28.8. The average Bonchev–Trinajstić information content (AvgIpc) is 2.92. The van der Waals surface area contributed by atoms with Crippen LogP contribution in [-0.4, -0.2) is 33.6 Å². The number of benzene rings is 1. The van der Waals surface area contributed by atoms with E-state index in [1.54, 1.807) is 0 Å². The van der Waals surface area contributed by atoms with Crippen LogP contribution in [0.15, 0.2) is 35.9 Å². The topological polar surface area (TPSA) is 45.5 Å². The minimum Gasteiger partial charge on any atom is -0.478 e. The summed E-state index contributed by atoms with van der Waals surface area (Å²) >= 11 is 0. The van der Waals surface area contributed by atoms with Gasteiger partial charge in [-0.15, -0.1) is 0 Å². The first kappa shape index (κ1) is 15.2. The van der Waals surface area contributed by atoms with Gasteiger partial charge in [0, 0.05) is 42.3 Å². The van der Waals surface area contributed by atoms with E-state index in [-0.39, 0.29) is 5.92 Å². The number of allylic oxidation sites excluding steroid dienone is 1. The van der Waals surface area contributed by atoms with Crippen LogP contribution >= 0.6 is 0 Å². The van der Waals surface area contributed by atoms with Gasteiger partial charge in [-0.05, 0) is 49.1 Å². The Balaban J connectivity index is 1.60. The molecule has 2 aromatic rings. The monoisotopic (exact) mass is 336 g/mol. The average molecular weight is 336 g/mol. The van der Waals surface area contributed by atoms with Crippen LogP contribution in [0.3, 0.4) is 0 Å². The van der Waals surface area contributed by atoms with Crippen LogP contribution in [0.1, 0.15) is 36.6 Å². The van der Waals surface area contributed by atoms with E-state index in [2.05, 4.69) is 40.8 Å². The van der Waals surface area contributed by atoms with Gasteiger partial charge in [-0.1, -0.05) is 24.3 Å². The van der Waals surface area contributed by atoms with Crippen molar-refractivity contribution in [3.63, 3.8) is 0 Å². The first-order valence-electron chi connectivity index (χ1n) is 9.38. The van der Waals surface area contributed by atoms with Crippen LogP contribution in [0.4, 0.5) is 0 Å². The molecule has 3 heterocycles. The van der Waals surface area contributed by atoms with Gasteiger partial charge in [0.2, 0.25) is 0 Å². The van der Waals surface area contributed by atoms with Gasteiger partial charge < -0.3 is 9.67 Å². The molecule has 0 saturated carbocycles. The van der Waals surface area contributed by atoms with Crippen molar-refractivity contribution in [2.24, 2.45) is 18.9 Å². The van der Waals surface area contributed by atoms with Crippen molar-refractivity contribution in [3.05, 3.63) is 47.2 Å². The number of carboxylic acid groups (broad SMARTS) is 1. The minimum atomic E-state index is -0.712. The molecule has 0 bridgehead atoms. The van der Waals surface area contributed by atoms with Crippen LogP contribution in [0.5, 0.6) is 0 Å². The summed E-state index contributed by atoms with van der Waals surface area (Å²) < 4.78 is 2.36. The Hall–Kier alpha value is -2.07. The van der Waals surface area contributed by atoms with Gasteiger partial charge in [0.05, 0.1) is 6.04 Å². The van der Waals surface area contributed by atoms with Crippen LogP contribution in [0.25, 0.3) is 10.9 Å². The molecule has 0 amide bonds. The molecule has 3 aliphatic rings.